The average molecular weight is 1370 g/mol. The molecule has 12 atom stereocenters. The topological polar surface area (TPSA) is 186 Å². The minimum absolute atomic E-state index is 0.00221. The quantitative estimate of drug-likeness (QED) is 0.0401. The summed E-state index contributed by atoms with van der Waals surface area (Å²) in [5.74, 6) is -0.661. The monoisotopic (exact) mass is 1370 g/mol. The van der Waals surface area contributed by atoms with Crippen molar-refractivity contribution in [2.24, 2.45) is 0 Å². The molecule has 0 radical (unpaired) electrons. The van der Waals surface area contributed by atoms with E-state index in [0.29, 0.717) is 105 Å². The smallest absolute Gasteiger partial charge is 0.243 e. The fourth-order valence-corrected chi connectivity index (χ4v) is 15.4. The molecule has 11 aromatic rings. The van der Waals surface area contributed by atoms with Gasteiger partial charge in [-0.05, 0) is 134 Å². The molecule has 17 rings (SSSR count). The summed E-state index contributed by atoms with van der Waals surface area (Å²) < 4.78 is 0. The molecule has 6 aliphatic heterocycles. The lowest BCUT2D eigenvalue weighted by Crippen LogP contribution is -2.25. The van der Waals surface area contributed by atoms with E-state index in [9.17, 15) is 19.2 Å². The molecule has 6 aliphatic rings. The van der Waals surface area contributed by atoms with Crippen LogP contribution in [0.2, 0.25) is 0 Å². The highest BCUT2D eigenvalue weighted by Gasteiger charge is 2.48. The van der Waals surface area contributed by atoms with E-state index in [1.54, 1.807) is 0 Å². The Morgan fingerprint density at radius 3 is 0.788 bits per heavy atom. The number of benzene rings is 8. The van der Waals surface area contributed by atoms with Crippen LogP contribution >= 0.6 is 0 Å². The highest BCUT2D eigenvalue weighted by molar-refractivity contribution is 6.13. The van der Waals surface area contributed by atoms with Crippen molar-refractivity contribution in [2.45, 2.75) is 76.0 Å². The number of carbonyl (C=O) groups excluding carboxylic acids is 4. The van der Waals surface area contributed by atoms with Gasteiger partial charge < -0.3 is 31.2 Å². The van der Waals surface area contributed by atoms with Gasteiger partial charge in [-0.1, -0.05) is 194 Å². The van der Waals surface area contributed by atoms with Gasteiger partial charge in [-0.15, -0.1) is 0 Å². The molecular formula is C88H78N12O4. The van der Waals surface area contributed by atoms with Crippen LogP contribution in [0.4, 0.5) is 22.7 Å². The molecule has 4 saturated heterocycles. The van der Waals surface area contributed by atoms with Gasteiger partial charge in [0.25, 0.3) is 0 Å². The molecule has 3 aromatic heterocycles. The minimum Gasteiger partial charge on any atom is -0.354 e. The van der Waals surface area contributed by atoms with Crippen LogP contribution in [0.25, 0.3) is 90.9 Å². The van der Waals surface area contributed by atoms with Crippen LogP contribution in [0.1, 0.15) is 96.9 Å². The summed E-state index contributed by atoms with van der Waals surface area (Å²) in [5, 5.41) is 13.6. The molecule has 0 saturated carbocycles. The van der Waals surface area contributed by atoms with E-state index < -0.39 is 24.2 Å². The Morgan fingerprint density at radius 1 is 0.298 bits per heavy atom. The molecule has 8 aromatic carbocycles. The van der Waals surface area contributed by atoms with Crippen LogP contribution in [0.15, 0.2) is 243 Å². The number of nitrogens with one attached hydrogen (secondary N) is 6. The predicted molar refractivity (Wildman–Crippen MR) is 417 cm³/mol. The molecular weight excluding hydrogens is 1290 g/mol. The zero-order valence-electron chi connectivity index (χ0n) is 58.2. The van der Waals surface area contributed by atoms with Crippen LogP contribution in [0, 0.1) is 0 Å². The molecule has 16 nitrogen and oxygen atoms in total. The number of aromatic amines is 2. The molecule has 4 amide bonds. The molecule has 0 spiro atoms. The Bertz CT molecular complexity index is 4880. The Balaban J connectivity index is 0.861. The second kappa shape index (κ2) is 27.5. The molecule has 6 N–H and O–H groups in total. The Hall–Kier alpha value is -11.9. The standard InChI is InChI=1S/C88H78N12O4/c1-53(57-25-11-5-12-26-57)97-49-75(97)85(101)93-63-37-23-38-64(94-86(102)76-50-98(76)54(2)58-27-13-6-14-28-58)81(63)83-71-45-41-67(89-71)79(61-33-19-9-20-34-61)69-43-47-73(91-69)84(74-48-44-70(92-74)80(62-35-21-10-22-36-62)68-42-46-72(83)90-68)82-65(95-87(103)77-51-99(77)55(3)59-29-15-7-16-30-59)39-24-40-66(82)96-88(104)78-52-100(78)56(4)60-31-17-8-18-32-60/h5-48,53-56,75-78,89,92H,49-52H2,1-4H3,(H,93,101)(H,94,102)(H,95,103)(H,96,104)/t53-,54-,55-,56-,75-,76-,77-,78-,97?,98?,99?,100?/m1/s1. The Labute approximate surface area is 603 Å². The third kappa shape index (κ3) is 12.8. The maximum Gasteiger partial charge on any atom is 0.243 e. The van der Waals surface area contributed by atoms with Crippen LogP contribution in [0.3, 0.4) is 0 Å². The van der Waals surface area contributed by atoms with E-state index >= 15 is 0 Å². The zero-order valence-corrected chi connectivity index (χ0v) is 58.2. The molecule has 514 valence electrons. The van der Waals surface area contributed by atoms with Crippen molar-refractivity contribution >= 4 is 92.7 Å². The van der Waals surface area contributed by atoms with Crippen LogP contribution in [0.5, 0.6) is 0 Å². The molecule has 104 heavy (non-hydrogen) atoms. The number of H-pyrrole nitrogens is 2. The molecule has 0 aliphatic carbocycles. The third-order valence-corrected chi connectivity index (χ3v) is 21.5. The number of aromatic nitrogens is 4. The van der Waals surface area contributed by atoms with Crippen molar-refractivity contribution in [2.75, 3.05) is 47.4 Å². The van der Waals surface area contributed by atoms with Gasteiger partial charge in [0.15, 0.2) is 0 Å². The lowest BCUT2D eigenvalue weighted by Gasteiger charge is -2.19. The van der Waals surface area contributed by atoms with Gasteiger partial charge in [0.2, 0.25) is 23.6 Å². The number of rotatable bonds is 20. The van der Waals surface area contributed by atoms with Gasteiger partial charge in [0.05, 0.1) is 45.5 Å². The van der Waals surface area contributed by atoms with Gasteiger partial charge in [0.1, 0.15) is 24.2 Å². The summed E-state index contributed by atoms with van der Waals surface area (Å²) in [5.41, 5.74) is 17.4. The van der Waals surface area contributed by atoms with Crippen molar-refractivity contribution in [3.63, 3.8) is 0 Å². The largest absolute Gasteiger partial charge is 0.354 e. The summed E-state index contributed by atoms with van der Waals surface area (Å²) in [6.45, 7) is 10.8. The normalized spacial score (nSPS) is 20.7. The first-order chi connectivity index (χ1) is 50.9. The average Bonchev–Trinajstić information content (AvgIpc) is 1.56. The SMILES string of the molecule is C[C@H](c1ccccc1)N1C[C@@H]1C(=O)Nc1cccc(NC(=O)[C@H]2CN2[C@H](C)c2ccccc2)c1-c1c2nc(c(-c3ccccc3)c3ccc([nH]3)c(-c3c(NC(=O)[C@H]4CN4[C@H](C)c4ccccc4)cccc3NC(=O)[C@H]3CN3[C@H](C)c3ccccc3)c3nc(c(-c4ccccc4)c4ccc1[nH]4)C=C3)C=C2. The number of hydrogen-bond donors (Lipinski definition) is 6. The number of fused-ring (bicyclic) bond motifs is 8. The van der Waals surface area contributed by atoms with Gasteiger partial charge in [0, 0.05) is 106 Å². The lowest BCUT2D eigenvalue weighted by molar-refractivity contribution is -0.117. The zero-order chi connectivity index (χ0) is 70.7. The number of hydrogen-bond acceptors (Lipinski definition) is 10. The maximum absolute atomic E-state index is 15.0. The van der Waals surface area contributed by atoms with Gasteiger partial charge in [-0.2, -0.15) is 0 Å². The first-order valence-electron chi connectivity index (χ1n) is 35.9. The van der Waals surface area contributed by atoms with Crippen molar-refractivity contribution in [1.82, 2.24) is 39.5 Å². The fourth-order valence-electron chi connectivity index (χ4n) is 15.4. The van der Waals surface area contributed by atoms with Gasteiger partial charge >= 0.3 is 0 Å². The highest BCUT2D eigenvalue weighted by atomic mass is 16.2. The number of amides is 4. The number of anilines is 4. The second-order valence-corrected chi connectivity index (χ2v) is 27.8. The summed E-state index contributed by atoms with van der Waals surface area (Å²) in [6.07, 6.45) is 8.06. The van der Waals surface area contributed by atoms with Crippen molar-refractivity contribution < 1.29 is 19.2 Å². The van der Waals surface area contributed by atoms with Crippen LogP contribution < -0.4 is 21.3 Å². The minimum atomic E-state index is -0.404. The Morgan fingerprint density at radius 2 is 0.529 bits per heavy atom. The Kier molecular flexibility index (Phi) is 17.3. The molecule has 9 heterocycles. The molecule has 4 unspecified atom stereocenters. The summed E-state index contributed by atoms with van der Waals surface area (Å²) >= 11 is 0. The summed E-state index contributed by atoms with van der Waals surface area (Å²) in [7, 11) is 0. The van der Waals surface area contributed by atoms with Crippen molar-refractivity contribution in [3.05, 3.63) is 288 Å². The third-order valence-electron chi connectivity index (χ3n) is 21.5. The van der Waals surface area contributed by atoms with E-state index in [1.807, 2.05) is 182 Å². The van der Waals surface area contributed by atoms with Crippen LogP contribution in [-0.4, -0.2) is 114 Å². The van der Waals surface area contributed by atoms with E-state index in [4.69, 9.17) is 9.97 Å². The fraction of sp³-hybridized carbons (Fsp3) is 0.182. The second-order valence-electron chi connectivity index (χ2n) is 27.8. The van der Waals surface area contributed by atoms with Crippen molar-refractivity contribution in [3.8, 4) is 44.5 Å². The van der Waals surface area contributed by atoms with Crippen LogP contribution in [-0.2, 0) is 19.2 Å². The maximum atomic E-state index is 15.0. The van der Waals surface area contributed by atoms with Crippen molar-refractivity contribution in [1.29, 1.82) is 0 Å². The van der Waals surface area contributed by atoms with Gasteiger partial charge in [-0.3, -0.25) is 38.8 Å². The number of carbonyl (C=O) groups is 4. The first-order valence-corrected chi connectivity index (χ1v) is 35.9. The number of nitrogens with zero attached hydrogens (tertiary/aromatic N) is 6. The van der Waals surface area contributed by atoms with E-state index in [2.05, 4.69) is 163 Å². The summed E-state index contributed by atoms with van der Waals surface area (Å²) in [4.78, 5) is 87.9. The van der Waals surface area contributed by atoms with E-state index in [0.717, 1.165) is 55.5 Å². The lowest BCUT2D eigenvalue weighted by atomic mass is 9.98. The highest BCUT2D eigenvalue weighted by Crippen LogP contribution is 2.47. The molecule has 16 heteroatoms. The summed E-state index contributed by atoms with van der Waals surface area (Å²) in [6, 6.07) is 79.1. The predicted octanol–water partition coefficient (Wildman–Crippen LogP) is 16.9. The van der Waals surface area contributed by atoms with Gasteiger partial charge in [-0.25, -0.2) is 9.97 Å². The molecule has 8 bridgehead atoms. The van der Waals surface area contributed by atoms with E-state index in [1.165, 1.54) is 0 Å². The van der Waals surface area contributed by atoms with E-state index in [-0.39, 0.29) is 47.8 Å². The molecule has 4 fully saturated rings. The first kappa shape index (κ1) is 65.4.